The molecule has 12 heteroatoms. The van der Waals surface area contributed by atoms with Gasteiger partial charge in [-0.05, 0) is 31.1 Å². The number of rotatable bonds is 3. The molecule has 3 atom stereocenters. The van der Waals surface area contributed by atoms with Gasteiger partial charge in [0.2, 0.25) is 0 Å². The predicted molar refractivity (Wildman–Crippen MR) is 63.8 cm³/mol. The van der Waals surface area contributed by atoms with Crippen LogP contribution in [0.1, 0.15) is 25.7 Å². The first kappa shape index (κ1) is 18.3. The van der Waals surface area contributed by atoms with Crippen LogP contribution in [0.4, 0.5) is 26.3 Å². The van der Waals surface area contributed by atoms with Crippen LogP contribution in [0.5, 0.6) is 0 Å². The van der Waals surface area contributed by atoms with Gasteiger partial charge >= 0.3 is 17.1 Å². The number of hydrogen-bond acceptors (Lipinski definition) is 3. The molecule has 2 saturated carbocycles. The Balaban J connectivity index is 2.43. The maximum Gasteiger partial charge on any atom is 0.428 e. The van der Waals surface area contributed by atoms with Crippen LogP contribution in [0.3, 0.4) is 0 Å². The van der Waals surface area contributed by atoms with Crippen molar-refractivity contribution < 1.29 is 44.1 Å². The van der Waals surface area contributed by atoms with Crippen LogP contribution < -0.4 is 5.32 Å². The fourth-order valence-corrected chi connectivity index (χ4v) is 4.40. The Morgan fingerprint density at radius 3 is 1.83 bits per heavy atom. The van der Waals surface area contributed by atoms with E-state index in [1.807, 2.05) is 0 Å². The van der Waals surface area contributed by atoms with Gasteiger partial charge in [-0.25, -0.2) is 0 Å². The van der Waals surface area contributed by atoms with E-state index >= 15 is 0 Å². The molecule has 5 nitrogen and oxygen atoms in total. The Kier molecular flexibility index (Phi) is 4.16. The summed E-state index contributed by atoms with van der Waals surface area (Å²) in [6, 6.07) is -0.966. The highest BCUT2D eigenvalue weighted by atomic mass is 32.2. The summed E-state index contributed by atoms with van der Waals surface area (Å²) in [5.74, 6) is -3.01. The Hall–Kier alpha value is -1.04. The molecule has 0 aliphatic heterocycles. The highest BCUT2D eigenvalue weighted by molar-refractivity contribution is 7.88. The molecule has 0 aromatic heterocycles. The van der Waals surface area contributed by atoms with Crippen molar-refractivity contribution in [1.29, 1.82) is 0 Å². The zero-order chi connectivity index (χ0) is 17.8. The third kappa shape index (κ3) is 2.69. The van der Waals surface area contributed by atoms with Crippen LogP contribution in [-0.4, -0.2) is 42.0 Å². The van der Waals surface area contributed by atoms with Gasteiger partial charge in [-0.3, -0.25) is 9.35 Å². The number of halogens is 6. The molecule has 2 bridgehead atoms. The fraction of sp³-hybridized carbons (Fsp3) is 0.909. The summed E-state index contributed by atoms with van der Waals surface area (Å²) in [5, 5.41) is 1.55. The Bertz CT molecular complexity index is 585. The van der Waals surface area contributed by atoms with Gasteiger partial charge in [0.05, 0.1) is 0 Å². The topological polar surface area (TPSA) is 83.5 Å². The molecular formula is C11H13F6NO4S. The Morgan fingerprint density at radius 1 is 1.00 bits per heavy atom. The quantitative estimate of drug-likeness (QED) is 0.589. The van der Waals surface area contributed by atoms with Crippen LogP contribution in [0, 0.1) is 11.8 Å². The minimum Gasteiger partial charge on any atom is -0.351 e. The molecule has 0 radical (unpaired) electrons. The van der Waals surface area contributed by atoms with Gasteiger partial charge in [-0.1, -0.05) is 6.42 Å². The van der Waals surface area contributed by atoms with Crippen molar-refractivity contribution in [1.82, 2.24) is 5.32 Å². The predicted octanol–water partition coefficient (Wildman–Crippen LogP) is 2.04. The lowest BCUT2D eigenvalue weighted by molar-refractivity contribution is -0.261. The van der Waals surface area contributed by atoms with Gasteiger partial charge in [0.1, 0.15) is 0 Å². The summed E-state index contributed by atoms with van der Waals surface area (Å²) >= 11 is 0. The zero-order valence-corrected chi connectivity index (χ0v) is 12.2. The minimum absolute atomic E-state index is 0.0854. The van der Waals surface area contributed by atoms with Crippen molar-refractivity contribution in [2.75, 3.05) is 0 Å². The van der Waals surface area contributed by atoms with E-state index < -0.39 is 39.2 Å². The molecule has 0 aromatic carbocycles. The normalized spacial score (nSPS) is 28.9. The van der Waals surface area contributed by atoms with Crippen molar-refractivity contribution in [2.24, 2.45) is 11.8 Å². The number of carbonyl (C=O) groups excluding carboxylic acids is 1. The number of fused-ring (bicyclic) bond motifs is 2. The summed E-state index contributed by atoms with van der Waals surface area (Å²) in [6.07, 6.45) is -11.1. The van der Waals surface area contributed by atoms with E-state index in [9.17, 15) is 39.6 Å². The average Bonchev–Trinajstić information content (AvgIpc) is 2.84. The van der Waals surface area contributed by atoms with Gasteiger partial charge in [0.15, 0.2) is 0 Å². The van der Waals surface area contributed by atoms with Gasteiger partial charge in [0, 0.05) is 6.04 Å². The largest absolute Gasteiger partial charge is 0.428 e. The van der Waals surface area contributed by atoms with E-state index in [-0.39, 0.29) is 18.3 Å². The summed E-state index contributed by atoms with van der Waals surface area (Å²) in [4.78, 5) is 11.7. The lowest BCUT2D eigenvalue weighted by atomic mass is 9.94. The molecule has 0 heterocycles. The van der Waals surface area contributed by atoms with E-state index in [0.717, 1.165) is 6.42 Å². The average molecular weight is 369 g/mol. The summed E-state index contributed by atoms with van der Waals surface area (Å²) in [7, 11) is -6.86. The maximum atomic E-state index is 13.0. The monoisotopic (exact) mass is 369 g/mol. The molecule has 0 spiro atoms. The highest BCUT2D eigenvalue weighted by Crippen LogP contribution is 2.50. The molecule has 2 N–H and O–H groups in total. The van der Waals surface area contributed by atoms with Gasteiger partial charge in [0.25, 0.3) is 16.0 Å². The highest BCUT2D eigenvalue weighted by Gasteiger charge is 2.83. The van der Waals surface area contributed by atoms with E-state index in [2.05, 4.69) is 0 Å². The maximum absolute atomic E-state index is 13.0. The molecule has 2 rings (SSSR count). The molecule has 2 aliphatic carbocycles. The molecule has 23 heavy (non-hydrogen) atoms. The molecule has 0 aromatic rings. The molecule has 134 valence electrons. The molecule has 2 aliphatic rings. The van der Waals surface area contributed by atoms with Crippen LogP contribution >= 0.6 is 0 Å². The first-order chi connectivity index (χ1) is 10.2. The van der Waals surface area contributed by atoms with Crippen LogP contribution in [0.2, 0.25) is 0 Å². The van der Waals surface area contributed by atoms with Crippen molar-refractivity contribution in [3.05, 3.63) is 0 Å². The number of hydrogen-bond donors (Lipinski definition) is 2. The second kappa shape index (κ2) is 5.23. The number of nitrogens with one attached hydrogen (secondary N) is 1. The van der Waals surface area contributed by atoms with Gasteiger partial charge < -0.3 is 5.32 Å². The van der Waals surface area contributed by atoms with Crippen LogP contribution in [0.25, 0.3) is 0 Å². The lowest BCUT2D eigenvalue weighted by Gasteiger charge is -2.34. The Morgan fingerprint density at radius 2 is 1.52 bits per heavy atom. The van der Waals surface area contributed by atoms with Gasteiger partial charge in [-0.15, -0.1) is 0 Å². The minimum atomic E-state index is -6.86. The number of amides is 1. The van der Waals surface area contributed by atoms with Crippen molar-refractivity contribution in [3.63, 3.8) is 0 Å². The van der Waals surface area contributed by atoms with Crippen molar-refractivity contribution in [3.8, 4) is 0 Å². The summed E-state index contributed by atoms with van der Waals surface area (Å²) in [6.45, 7) is 0. The van der Waals surface area contributed by atoms with Crippen molar-refractivity contribution >= 4 is 16.0 Å². The van der Waals surface area contributed by atoms with E-state index in [1.54, 1.807) is 5.32 Å². The molecule has 2 fully saturated rings. The molecule has 3 unspecified atom stereocenters. The number of alkyl halides is 6. The van der Waals surface area contributed by atoms with E-state index in [0.29, 0.717) is 12.8 Å². The van der Waals surface area contributed by atoms with Crippen molar-refractivity contribution in [2.45, 2.75) is 48.8 Å². The second-order valence-electron chi connectivity index (χ2n) is 5.91. The third-order valence-corrected chi connectivity index (χ3v) is 5.98. The number of carbonyl (C=O) groups is 1. The van der Waals surface area contributed by atoms with E-state index in [4.69, 9.17) is 4.55 Å². The van der Waals surface area contributed by atoms with Gasteiger partial charge in [-0.2, -0.15) is 34.8 Å². The molecular weight excluding hydrogens is 356 g/mol. The smallest absolute Gasteiger partial charge is 0.351 e. The molecule has 1 amide bonds. The summed E-state index contributed by atoms with van der Waals surface area (Å²) < 4.78 is 102. The van der Waals surface area contributed by atoms with E-state index in [1.165, 1.54) is 0 Å². The summed E-state index contributed by atoms with van der Waals surface area (Å²) in [5.41, 5.74) is 0. The first-order valence-electron chi connectivity index (χ1n) is 6.63. The second-order valence-corrected chi connectivity index (χ2v) is 7.47. The third-order valence-electron chi connectivity index (χ3n) is 4.56. The zero-order valence-electron chi connectivity index (χ0n) is 11.4. The standard InChI is InChI=1S/C11H13F6NO4S/c12-10(13,14)9(11(15,16)17,23(20,21)22)8(19)18-7-4-5-1-2-6(7)3-5/h5-7H,1-4H2,(H,18,19)(H,20,21,22). The molecule has 0 saturated heterocycles. The fourth-order valence-electron chi connectivity index (χ4n) is 3.52. The Labute approximate surface area is 127 Å². The van der Waals surface area contributed by atoms with Crippen LogP contribution in [-0.2, 0) is 14.9 Å². The SMILES string of the molecule is O=C(NC1CC2CCC1C2)C(C(F)(F)F)(C(F)(F)F)S(=O)(=O)O. The lowest BCUT2D eigenvalue weighted by Crippen LogP contribution is -2.70. The first-order valence-corrected chi connectivity index (χ1v) is 8.07. The van der Waals surface area contributed by atoms with Crippen LogP contribution in [0.15, 0.2) is 0 Å².